The largest absolute Gasteiger partial charge is 0.416 e. The predicted octanol–water partition coefficient (Wildman–Crippen LogP) is 5.38. The molecule has 2 amide bonds. The topological polar surface area (TPSA) is 61.4 Å². The third kappa shape index (κ3) is 4.98. The third-order valence-corrected chi connectivity index (χ3v) is 6.45. The van der Waals surface area contributed by atoms with E-state index >= 15 is 0 Å². The van der Waals surface area contributed by atoms with Gasteiger partial charge in [-0.2, -0.15) is 13.2 Å². The first-order valence-corrected chi connectivity index (χ1v) is 11.1. The zero-order chi connectivity index (χ0) is 22.0. The van der Waals surface area contributed by atoms with Crippen LogP contribution < -0.4 is 15.5 Å². The Balaban J connectivity index is 1.64. The summed E-state index contributed by atoms with van der Waals surface area (Å²) >= 11 is 1.52. The fraction of sp³-hybridized carbons (Fsp3) is 0.364. The summed E-state index contributed by atoms with van der Waals surface area (Å²) in [6.45, 7) is 1.46. The maximum absolute atomic E-state index is 13.3. The number of rotatable bonds is 3. The van der Waals surface area contributed by atoms with E-state index in [1.807, 2.05) is 4.90 Å². The first kappa shape index (κ1) is 21.5. The Kier molecular flexibility index (Phi) is 6.13. The number of thioether (sulfide) groups is 1. The summed E-state index contributed by atoms with van der Waals surface area (Å²) in [6.07, 6.45) is -1.14. The van der Waals surface area contributed by atoms with Crippen LogP contribution in [0.5, 0.6) is 0 Å². The maximum atomic E-state index is 13.3. The summed E-state index contributed by atoms with van der Waals surface area (Å²) in [5.74, 6) is -0.00804. The van der Waals surface area contributed by atoms with Gasteiger partial charge in [-0.25, -0.2) is 0 Å². The van der Waals surface area contributed by atoms with Crippen LogP contribution >= 0.6 is 11.8 Å². The first-order chi connectivity index (χ1) is 14.8. The lowest BCUT2D eigenvalue weighted by atomic mass is 10.1. The second-order valence-electron chi connectivity index (χ2n) is 7.59. The lowest BCUT2D eigenvalue weighted by Gasteiger charge is -2.31. The van der Waals surface area contributed by atoms with Gasteiger partial charge in [-0.05, 0) is 55.7 Å². The second kappa shape index (κ2) is 8.82. The van der Waals surface area contributed by atoms with Gasteiger partial charge in [0.05, 0.1) is 22.6 Å². The third-order valence-electron chi connectivity index (χ3n) is 5.37. The zero-order valence-electron chi connectivity index (χ0n) is 16.7. The van der Waals surface area contributed by atoms with Gasteiger partial charge in [0, 0.05) is 35.7 Å². The number of piperidine rings is 1. The number of nitrogens with one attached hydrogen (secondary N) is 2. The van der Waals surface area contributed by atoms with Crippen molar-refractivity contribution in [3.63, 3.8) is 0 Å². The molecule has 9 heteroatoms. The van der Waals surface area contributed by atoms with E-state index in [4.69, 9.17) is 0 Å². The highest BCUT2D eigenvalue weighted by molar-refractivity contribution is 7.99. The van der Waals surface area contributed by atoms with E-state index in [1.54, 1.807) is 18.2 Å². The number of carbonyl (C=O) groups is 2. The number of halogens is 3. The lowest BCUT2D eigenvalue weighted by Crippen LogP contribution is -2.30. The van der Waals surface area contributed by atoms with Crippen molar-refractivity contribution in [1.29, 1.82) is 0 Å². The summed E-state index contributed by atoms with van der Waals surface area (Å²) < 4.78 is 39.9. The summed E-state index contributed by atoms with van der Waals surface area (Å²) in [7, 11) is 0. The van der Waals surface area contributed by atoms with E-state index in [2.05, 4.69) is 10.6 Å². The molecule has 2 aromatic carbocycles. The van der Waals surface area contributed by atoms with Crippen LogP contribution in [-0.4, -0.2) is 30.7 Å². The number of alkyl halides is 3. The minimum atomic E-state index is -4.51. The number of carbonyl (C=O) groups excluding carboxylic acids is 2. The molecule has 2 N–H and O–H groups in total. The molecule has 0 spiro atoms. The Morgan fingerprint density at radius 1 is 1.06 bits per heavy atom. The van der Waals surface area contributed by atoms with Gasteiger partial charge < -0.3 is 15.5 Å². The quantitative estimate of drug-likeness (QED) is 0.660. The monoisotopic (exact) mass is 449 g/mol. The fourth-order valence-electron chi connectivity index (χ4n) is 3.78. The Morgan fingerprint density at radius 3 is 2.58 bits per heavy atom. The molecule has 4 rings (SSSR count). The van der Waals surface area contributed by atoms with Gasteiger partial charge in [-0.1, -0.05) is 0 Å². The number of anilines is 3. The van der Waals surface area contributed by atoms with Crippen molar-refractivity contribution in [2.75, 3.05) is 34.4 Å². The molecule has 31 heavy (non-hydrogen) atoms. The summed E-state index contributed by atoms with van der Waals surface area (Å²) in [4.78, 5) is 27.6. The molecule has 0 atom stereocenters. The molecule has 164 valence electrons. The first-order valence-electron chi connectivity index (χ1n) is 10.2. The number of amides is 2. The molecule has 2 aromatic rings. The molecule has 0 bridgehead atoms. The average molecular weight is 449 g/mol. The minimum Gasteiger partial charge on any atom is -0.370 e. The molecule has 0 radical (unpaired) electrons. The normalized spacial score (nSPS) is 16.9. The van der Waals surface area contributed by atoms with Crippen molar-refractivity contribution in [2.24, 2.45) is 0 Å². The Bertz CT molecular complexity index is 1000. The highest BCUT2D eigenvalue weighted by atomic mass is 32.2. The molecule has 0 aromatic heterocycles. The van der Waals surface area contributed by atoms with Crippen LogP contribution in [0.15, 0.2) is 41.3 Å². The molecular weight excluding hydrogens is 427 g/mol. The van der Waals surface area contributed by atoms with E-state index in [1.165, 1.54) is 17.8 Å². The number of fused-ring (bicyclic) bond motifs is 1. The molecule has 5 nitrogen and oxygen atoms in total. The highest BCUT2D eigenvalue weighted by Crippen LogP contribution is 2.37. The standard InChI is InChI=1S/C22H22F3N3O2S/c23-22(24,25)15-5-6-18(28-9-2-1-3-10-28)16(13-15)27-21(30)14-4-7-19-17(12-14)26-20(29)8-11-31-19/h4-7,12-13H,1-3,8-11H2,(H,26,29)(H,27,30). The zero-order valence-corrected chi connectivity index (χ0v) is 17.5. The fourth-order valence-corrected chi connectivity index (χ4v) is 4.72. The Hall–Kier alpha value is -2.68. The number of hydrogen-bond donors (Lipinski definition) is 2. The van der Waals surface area contributed by atoms with Gasteiger partial charge >= 0.3 is 6.18 Å². The summed E-state index contributed by atoms with van der Waals surface area (Å²) in [6, 6.07) is 8.40. The van der Waals surface area contributed by atoms with Crippen molar-refractivity contribution in [1.82, 2.24) is 0 Å². The second-order valence-corrected chi connectivity index (χ2v) is 8.73. The van der Waals surface area contributed by atoms with Crippen LogP contribution in [0.3, 0.4) is 0 Å². The Morgan fingerprint density at radius 2 is 1.84 bits per heavy atom. The summed E-state index contributed by atoms with van der Waals surface area (Å²) in [5, 5.41) is 5.45. The van der Waals surface area contributed by atoms with Gasteiger partial charge in [0.1, 0.15) is 0 Å². The maximum Gasteiger partial charge on any atom is 0.416 e. The van der Waals surface area contributed by atoms with E-state index in [-0.39, 0.29) is 17.2 Å². The Labute approximate surface area is 182 Å². The minimum absolute atomic E-state index is 0.130. The van der Waals surface area contributed by atoms with Crippen LogP contribution in [0.4, 0.5) is 30.2 Å². The van der Waals surface area contributed by atoms with Crippen molar-refractivity contribution in [2.45, 2.75) is 36.8 Å². The van der Waals surface area contributed by atoms with Crippen LogP contribution in [0.25, 0.3) is 0 Å². The molecule has 0 saturated carbocycles. The van der Waals surface area contributed by atoms with Crippen molar-refractivity contribution >= 4 is 40.6 Å². The van der Waals surface area contributed by atoms with E-state index in [9.17, 15) is 22.8 Å². The smallest absolute Gasteiger partial charge is 0.370 e. The van der Waals surface area contributed by atoms with Crippen molar-refractivity contribution in [3.05, 3.63) is 47.5 Å². The van der Waals surface area contributed by atoms with Gasteiger partial charge in [-0.3, -0.25) is 9.59 Å². The van der Waals surface area contributed by atoms with Gasteiger partial charge in [0.15, 0.2) is 0 Å². The van der Waals surface area contributed by atoms with Crippen LogP contribution in [0.2, 0.25) is 0 Å². The number of hydrogen-bond acceptors (Lipinski definition) is 4. The van der Waals surface area contributed by atoms with E-state index in [0.717, 1.165) is 49.4 Å². The number of nitrogens with zero attached hydrogens (tertiary/aromatic N) is 1. The number of benzene rings is 2. The summed E-state index contributed by atoms with van der Waals surface area (Å²) in [5.41, 5.74) is 0.716. The average Bonchev–Trinajstić information content (AvgIpc) is 2.93. The lowest BCUT2D eigenvalue weighted by molar-refractivity contribution is -0.137. The van der Waals surface area contributed by atoms with Crippen LogP contribution in [0, 0.1) is 0 Å². The molecule has 0 unspecified atom stereocenters. The van der Waals surface area contributed by atoms with Crippen LogP contribution in [-0.2, 0) is 11.0 Å². The van der Waals surface area contributed by atoms with Crippen LogP contribution in [0.1, 0.15) is 41.6 Å². The van der Waals surface area contributed by atoms with Crippen molar-refractivity contribution in [3.8, 4) is 0 Å². The predicted molar refractivity (Wildman–Crippen MR) is 116 cm³/mol. The van der Waals surface area contributed by atoms with Gasteiger partial charge in [-0.15, -0.1) is 11.8 Å². The molecule has 1 saturated heterocycles. The molecular formula is C22H22F3N3O2S. The SMILES string of the molecule is O=C1CCSc2ccc(C(=O)Nc3cc(C(F)(F)F)ccc3N3CCCCC3)cc2N1. The van der Waals surface area contributed by atoms with Gasteiger partial charge in [0.25, 0.3) is 5.91 Å². The highest BCUT2D eigenvalue weighted by Gasteiger charge is 2.32. The van der Waals surface area contributed by atoms with E-state index in [0.29, 0.717) is 23.5 Å². The molecule has 2 aliphatic heterocycles. The molecule has 1 fully saturated rings. The van der Waals surface area contributed by atoms with Gasteiger partial charge in [0.2, 0.25) is 5.91 Å². The molecule has 0 aliphatic carbocycles. The molecule has 2 aliphatic rings. The van der Waals surface area contributed by atoms with Crippen molar-refractivity contribution < 1.29 is 22.8 Å². The van der Waals surface area contributed by atoms with E-state index < -0.39 is 17.6 Å². The molecule has 2 heterocycles.